The van der Waals surface area contributed by atoms with E-state index in [1.807, 2.05) is 35.9 Å². The number of rotatable bonds is 7. The average molecular weight is 463 g/mol. The second-order valence-electron chi connectivity index (χ2n) is 9.27. The van der Waals surface area contributed by atoms with Crippen molar-refractivity contribution in [3.63, 3.8) is 0 Å². The highest BCUT2D eigenvalue weighted by molar-refractivity contribution is 6.07. The number of hydrogen-bond acceptors (Lipinski definition) is 5. The molecule has 0 radical (unpaired) electrons. The molecule has 8 nitrogen and oxygen atoms in total. The van der Waals surface area contributed by atoms with Crippen LogP contribution in [0, 0.1) is 0 Å². The number of nitrogens with zero attached hydrogens (tertiary/aromatic N) is 3. The quantitative estimate of drug-likeness (QED) is 0.581. The second kappa shape index (κ2) is 9.10. The number of imidazole rings is 1. The van der Waals surface area contributed by atoms with Gasteiger partial charge in [-0.1, -0.05) is 24.6 Å². The number of carbonyl (C=O) groups excluding carboxylic acids is 2. The van der Waals surface area contributed by atoms with Crippen LogP contribution in [0.3, 0.4) is 0 Å². The lowest BCUT2D eigenvalue weighted by atomic mass is 9.85. The van der Waals surface area contributed by atoms with Crippen molar-refractivity contribution < 1.29 is 19.1 Å². The first kappa shape index (κ1) is 22.4. The second-order valence-corrected chi connectivity index (χ2v) is 9.27. The summed E-state index contributed by atoms with van der Waals surface area (Å²) < 4.78 is 13.0. The van der Waals surface area contributed by atoms with Gasteiger partial charge in [0.2, 0.25) is 5.91 Å². The Morgan fingerprint density at radius 2 is 2.06 bits per heavy atom. The molecule has 34 heavy (non-hydrogen) atoms. The molecule has 1 saturated carbocycles. The molecule has 1 fully saturated rings. The van der Waals surface area contributed by atoms with Crippen molar-refractivity contribution in [2.45, 2.75) is 37.7 Å². The average Bonchev–Trinajstić information content (AvgIpc) is 3.32. The summed E-state index contributed by atoms with van der Waals surface area (Å²) in [7, 11) is 5.24. The summed E-state index contributed by atoms with van der Waals surface area (Å²) in [5, 5.41) is 2.83. The Hall–Kier alpha value is -3.39. The lowest BCUT2D eigenvalue weighted by Gasteiger charge is -2.25. The van der Waals surface area contributed by atoms with E-state index < -0.39 is 0 Å². The van der Waals surface area contributed by atoms with Gasteiger partial charge in [0, 0.05) is 39.2 Å². The van der Waals surface area contributed by atoms with Crippen LogP contribution in [0.15, 0.2) is 36.4 Å². The van der Waals surface area contributed by atoms with E-state index in [1.165, 1.54) is 13.5 Å². The zero-order valence-corrected chi connectivity index (χ0v) is 19.8. The molecule has 1 aliphatic carbocycles. The molecule has 178 valence electrons. The Bertz CT molecular complexity index is 1220. The van der Waals surface area contributed by atoms with Gasteiger partial charge in [0.15, 0.2) is 0 Å². The number of likely N-dealkylation sites (N-methyl/N-ethyl adjacent to an activating group) is 1. The molecule has 0 spiro atoms. The van der Waals surface area contributed by atoms with Crippen LogP contribution in [0.25, 0.3) is 11.0 Å². The van der Waals surface area contributed by atoms with Gasteiger partial charge in [-0.2, -0.15) is 0 Å². The topological polar surface area (TPSA) is 85.7 Å². The molecule has 2 aliphatic rings. The van der Waals surface area contributed by atoms with Crippen molar-refractivity contribution in [2.24, 2.45) is 7.05 Å². The fourth-order valence-electron chi connectivity index (χ4n) is 4.91. The van der Waals surface area contributed by atoms with Gasteiger partial charge < -0.3 is 24.3 Å². The number of para-hydroxylation sites is 1. The van der Waals surface area contributed by atoms with Gasteiger partial charge in [0.05, 0.1) is 23.1 Å². The molecular weight excluding hydrogens is 432 g/mol. The Labute approximate surface area is 198 Å². The number of carbonyl (C=O) groups is 2. The molecule has 2 amide bonds. The number of methoxy groups -OCH3 is 1. The van der Waals surface area contributed by atoms with Gasteiger partial charge in [0.1, 0.15) is 24.3 Å². The van der Waals surface area contributed by atoms with E-state index in [0.29, 0.717) is 29.2 Å². The van der Waals surface area contributed by atoms with Crippen LogP contribution in [0.1, 0.15) is 46.9 Å². The number of benzene rings is 2. The third-order valence-corrected chi connectivity index (χ3v) is 6.80. The predicted molar refractivity (Wildman–Crippen MR) is 129 cm³/mol. The van der Waals surface area contributed by atoms with Crippen molar-refractivity contribution >= 4 is 28.5 Å². The summed E-state index contributed by atoms with van der Waals surface area (Å²) in [6.07, 6.45) is 4.09. The lowest BCUT2D eigenvalue weighted by molar-refractivity contribution is -0.119. The van der Waals surface area contributed by atoms with Crippen LogP contribution in [-0.4, -0.2) is 59.7 Å². The van der Waals surface area contributed by atoms with E-state index >= 15 is 0 Å². The summed E-state index contributed by atoms with van der Waals surface area (Å²) >= 11 is 0. The van der Waals surface area contributed by atoms with Gasteiger partial charge in [0.25, 0.3) is 5.91 Å². The van der Waals surface area contributed by atoms with Crippen LogP contribution in [-0.2, 0) is 23.0 Å². The third kappa shape index (κ3) is 4.14. The smallest absolute Gasteiger partial charge is 0.256 e. The normalized spacial score (nSPS) is 17.2. The molecule has 1 aromatic heterocycles. The van der Waals surface area contributed by atoms with E-state index in [9.17, 15) is 9.59 Å². The van der Waals surface area contributed by atoms with Crippen molar-refractivity contribution in [1.29, 1.82) is 0 Å². The monoisotopic (exact) mass is 462 g/mol. The predicted octanol–water partition coefficient (Wildman–Crippen LogP) is 3.50. The van der Waals surface area contributed by atoms with Crippen molar-refractivity contribution in [3.05, 3.63) is 53.3 Å². The highest BCUT2D eigenvalue weighted by Crippen LogP contribution is 2.38. The number of nitrogens with one attached hydrogen (secondary N) is 1. The number of aromatic nitrogens is 2. The largest absolute Gasteiger partial charge is 0.488 e. The van der Waals surface area contributed by atoms with E-state index in [2.05, 4.69) is 11.4 Å². The minimum Gasteiger partial charge on any atom is -0.488 e. The number of amides is 2. The summed E-state index contributed by atoms with van der Waals surface area (Å²) in [5.74, 6) is 1.88. The van der Waals surface area contributed by atoms with Gasteiger partial charge in [-0.15, -0.1) is 0 Å². The van der Waals surface area contributed by atoms with Crippen LogP contribution in [0.4, 0.5) is 5.69 Å². The molecule has 0 saturated heterocycles. The van der Waals surface area contributed by atoms with Gasteiger partial charge in [-0.3, -0.25) is 9.59 Å². The van der Waals surface area contributed by atoms with E-state index in [-0.39, 0.29) is 24.5 Å². The molecule has 2 aromatic carbocycles. The van der Waals surface area contributed by atoms with Crippen LogP contribution >= 0.6 is 0 Å². The molecule has 1 aliphatic heterocycles. The highest BCUT2D eigenvalue weighted by Gasteiger charge is 2.29. The van der Waals surface area contributed by atoms with Gasteiger partial charge in [-0.25, -0.2) is 4.98 Å². The van der Waals surface area contributed by atoms with Gasteiger partial charge in [-0.05, 0) is 36.6 Å². The standard InChI is InChI=1S/C26H30N4O4/c1-29(14-19-11-17-7-4-5-10-22(17)34-19)26(32)20-12-18(27-23(31)15-33-3)13-21-24(20)30(2)25(28-21)16-8-6-9-16/h4-5,7,10,12-13,16,19H,6,8-9,11,14-15H2,1-3H3,(H,27,31)/t19-/m1/s1. The fraction of sp³-hybridized carbons (Fsp3) is 0.423. The SMILES string of the molecule is COCC(=O)Nc1cc(C(=O)N(C)C[C@H]2Cc3ccccc3O2)c2c(c1)nc(C1CCC1)n2C. The summed E-state index contributed by atoms with van der Waals surface area (Å²) in [4.78, 5) is 32.4. The molecule has 1 N–H and O–H groups in total. The minimum absolute atomic E-state index is 0.0592. The van der Waals surface area contributed by atoms with Crippen LogP contribution in [0.5, 0.6) is 5.75 Å². The first-order valence-corrected chi connectivity index (χ1v) is 11.7. The number of fused-ring (bicyclic) bond motifs is 2. The van der Waals surface area contributed by atoms with E-state index in [1.54, 1.807) is 18.0 Å². The maximum atomic E-state index is 13.7. The highest BCUT2D eigenvalue weighted by atomic mass is 16.5. The van der Waals surface area contributed by atoms with Crippen molar-refractivity contribution in [2.75, 3.05) is 32.6 Å². The Morgan fingerprint density at radius 1 is 1.26 bits per heavy atom. The molecule has 1 atom stereocenters. The molecule has 3 aromatic rings. The van der Waals surface area contributed by atoms with Crippen LogP contribution in [0.2, 0.25) is 0 Å². The maximum absolute atomic E-state index is 13.7. The van der Waals surface area contributed by atoms with Gasteiger partial charge >= 0.3 is 0 Å². The van der Waals surface area contributed by atoms with E-state index in [4.69, 9.17) is 14.5 Å². The molecule has 0 bridgehead atoms. The molecule has 0 unspecified atom stereocenters. The zero-order chi connectivity index (χ0) is 23.8. The molecular formula is C26H30N4O4. The number of ether oxygens (including phenoxy) is 2. The number of anilines is 1. The van der Waals surface area contributed by atoms with Crippen molar-refractivity contribution in [1.82, 2.24) is 14.5 Å². The Kier molecular flexibility index (Phi) is 6.00. The fourth-order valence-corrected chi connectivity index (χ4v) is 4.91. The lowest BCUT2D eigenvalue weighted by Crippen LogP contribution is -2.36. The molecule has 5 rings (SSSR count). The molecule has 8 heteroatoms. The van der Waals surface area contributed by atoms with E-state index in [0.717, 1.165) is 41.9 Å². The number of hydrogen-bond donors (Lipinski definition) is 1. The first-order chi connectivity index (χ1) is 16.4. The Morgan fingerprint density at radius 3 is 2.76 bits per heavy atom. The number of aryl methyl sites for hydroxylation is 1. The summed E-state index contributed by atoms with van der Waals surface area (Å²) in [6, 6.07) is 11.6. The molecule has 2 heterocycles. The maximum Gasteiger partial charge on any atom is 0.256 e. The summed E-state index contributed by atoms with van der Waals surface area (Å²) in [5.41, 5.74) is 3.72. The first-order valence-electron chi connectivity index (χ1n) is 11.7. The van der Waals surface area contributed by atoms with Crippen LogP contribution < -0.4 is 10.1 Å². The Balaban J connectivity index is 1.45. The van der Waals surface area contributed by atoms with Crippen molar-refractivity contribution in [3.8, 4) is 5.75 Å². The third-order valence-electron chi connectivity index (χ3n) is 6.80. The minimum atomic E-state index is -0.277. The zero-order valence-electron chi connectivity index (χ0n) is 19.8. The summed E-state index contributed by atoms with van der Waals surface area (Å²) in [6.45, 7) is 0.402.